The Morgan fingerprint density at radius 2 is 1.58 bits per heavy atom. The molecule has 5 rings (SSSR count). The maximum atomic E-state index is 6.60. The second kappa shape index (κ2) is 8.46. The topological polar surface area (TPSA) is 17.8 Å². The Hall–Kier alpha value is -2.07. The predicted molar refractivity (Wildman–Crippen MR) is 133 cm³/mol. The third-order valence-corrected chi connectivity index (χ3v) is 7.21. The smallest absolute Gasteiger partial charge is 0.0839 e. The summed E-state index contributed by atoms with van der Waals surface area (Å²) in [6, 6.07) is 24.5. The molecule has 5 heteroatoms. The normalized spacial score (nSPS) is 17.7. The molecule has 3 aromatic carbocycles. The number of para-hydroxylation sites is 1. The highest BCUT2D eigenvalue weighted by Gasteiger charge is 2.44. The first-order valence-corrected chi connectivity index (χ1v) is 12.0. The van der Waals surface area contributed by atoms with Crippen molar-refractivity contribution in [3.8, 4) is 16.9 Å². The zero-order valence-corrected chi connectivity index (χ0v) is 20.1. The summed E-state index contributed by atoms with van der Waals surface area (Å²) in [7, 11) is 0. The highest BCUT2D eigenvalue weighted by molar-refractivity contribution is 9.10. The number of rotatable bonds is 5. The van der Waals surface area contributed by atoms with E-state index in [-0.39, 0.29) is 0 Å². The van der Waals surface area contributed by atoms with Gasteiger partial charge in [-0.25, -0.2) is 4.68 Å². The van der Waals surface area contributed by atoms with Crippen LogP contribution in [0.2, 0.25) is 10.0 Å². The Balaban J connectivity index is 1.67. The molecule has 156 valence electrons. The van der Waals surface area contributed by atoms with Gasteiger partial charge in [0.25, 0.3) is 0 Å². The van der Waals surface area contributed by atoms with E-state index in [1.165, 1.54) is 11.1 Å². The molecule has 1 aliphatic carbocycles. The van der Waals surface area contributed by atoms with E-state index in [2.05, 4.69) is 59.3 Å². The lowest BCUT2D eigenvalue weighted by Crippen LogP contribution is -2.01. The minimum atomic E-state index is 0.368. The van der Waals surface area contributed by atoms with Gasteiger partial charge in [-0.3, -0.25) is 0 Å². The van der Waals surface area contributed by atoms with Crippen molar-refractivity contribution in [2.24, 2.45) is 0 Å². The molecule has 0 aliphatic heterocycles. The van der Waals surface area contributed by atoms with E-state index in [4.69, 9.17) is 28.3 Å². The molecule has 1 aromatic heterocycles. The van der Waals surface area contributed by atoms with Crippen molar-refractivity contribution in [2.75, 3.05) is 0 Å². The first-order chi connectivity index (χ1) is 15.1. The number of halogens is 3. The number of hydrogen-bond donors (Lipinski definition) is 0. The Morgan fingerprint density at radius 1 is 0.903 bits per heavy atom. The second-order valence-corrected chi connectivity index (χ2v) is 9.64. The molecular formula is C26H21BrCl2N2. The lowest BCUT2D eigenvalue weighted by atomic mass is 9.99. The van der Waals surface area contributed by atoms with Gasteiger partial charge >= 0.3 is 0 Å². The van der Waals surface area contributed by atoms with Gasteiger partial charge in [-0.2, -0.15) is 5.10 Å². The van der Waals surface area contributed by atoms with Crippen LogP contribution in [0.5, 0.6) is 0 Å². The summed E-state index contributed by atoms with van der Waals surface area (Å²) in [5.74, 6) is 0.777. The van der Waals surface area contributed by atoms with Gasteiger partial charge in [0.05, 0.1) is 22.1 Å². The van der Waals surface area contributed by atoms with Crippen LogP contribution < -0.4 is 0 Å². The maximum absolute atomic E-state index is 6.60. The molecule has 2 unspecified atom stereocenters. The van der Waals surface area contributed by atoms with Gasteiger partial charge in [-0.05, 0) is 54.7 Å². The summed E-state index contributed by atoms with van der Waals surface area (Å²) >= 11 is 16.7. The van der Waals surface area contributed by atoms with Crippen LogP contribution in [0.1, 0.15) is 42.0 Å². The molecule has 1 aliphatic rings. The highest BCUT2D eigenvalue weighted by atomic mass is 79.9. The van der Waals surface area contributed by atoms with Crippen LogP contribution >= 0.6 is 39.1 Å². The average Bonchev–Trinajstić information content (AvgIpc) is 3.47. The second-order valence-electron chi connectivity index (χ2n) is 7.91. The molecule has 0 saturated heterocycles. The van der Waals surface area contributed by atoms with Crippen molar-refractivity contribution in [3.63, 3.8) is 0 Å². The number of nitrogens with zero attached hydrogens (tertiary/aromatic N) is 2. The number of benzene rings is 3. The molecule has 0 radical (unpaired) electrons. The van der Waals surface area contributed by atoms with Crippen LogP contribution in [-0.2, 0) is 6.42 Å². The van der Waals surface area contributed by atoms with Gasteiger partial charge in [0.15, 0.2) is 0 Å². The molecule has 2 nitrogen and oxygen atoms in total. The Labute approximate surface area is 201 Å². The molecule has 1 heterocycles. The van der Waals surface area contributed by atoms with Crippen LogP contribution in [0.3, 0.4) is 0 Å². The first-order valence-electron chi connectivity index (χ1n) is 10.5. The Kier molecular flexibility index (Phi) is 5.68. The standard InChI is InChI=1S/C26H21BrCl2N2/c1-2-18-25(21-15-20(21)19-7-3-4-8-22(19)28)30-31(24-10-6-5-9-23(24)29)26(18)16-11-13-17(27)14-12-16/h3-14,20-21H,2,15H2,1H3. The van der Waals surface area contributed by atoms with Crippen molar-refractivity contribution in [2.45, 2.75) is 31.6 Å². The van der Waals surface area contributed by atoms with Crippen molar-refractivity contribution in [1.82, 2.24) is 9.78 Å². The fourth-order valence-corrected chi connectivity index (χ4v) is 5.19. The molecule has 1 fully saturated rings. The predicted octanol–water partition coefficient (Wildman–Crippen LogP) is 8.44. The molecule has 0 N–H and O–H groups in total. The van der Waals surface area contributed by atoms with Crippen molar-refractivity contribution < 1.29 is 0 Å². The van der Waals surface area contributed by atoms with E-state index < -0.39 is 0 Å². The van der Waals surface area contributed by atoms with Crippen molar-refractivity contribution in [1.29, 1.82) is 0 Å². The average molecular weight is 512 g/mol. The van der Waals surface area contributed by atoms with Gasteiger partial charge in [0.1, 0.15) is 0 Å². The van der Waals surface area contributed by atoms with E-state index in [0.717, 1.165) is 45.0 Å². The van der Waals surface area contributed by atoms with Crippen molar-refractivity contribution in [3.05, 3.63) is 104 Å². The summed E-state index contributed by atoms with van der Waals surface area (Å²) in [6.07, 6.45) is 1.97. The van der Waals surface area contributed by atoms with Crippen LogP contribution in [0.4, 0.5) is 0 Å². The summed E-state index contributed by atoms with van der Waals surface area (Å²) in [5.41, 5.74) is 6.80. The Bertz CT molecular complexity index is 1250. The van der Waals surface area contributed by atoms with E-state index in [1.807, 2.05) is 41.1 Å². The maximum Gasteiger partial charge on any atom is 0.0839 e. The molecule has 0 spiro atoms. The summed E-state index contributed by atoms with van der Waals surface area (Å²) < 4.78 is 3.08. The Morgan fingerprint density at radius 3 is 2.26 bits per heavy atom. The van der Waals surface area contributed by atoms with Crippen LogP contribution in [0, 0.1) is 0 Å². The fourth-order valence-electron chi connectivity index (χ4n) is 4.43. The third kappa shape index (κ3) is 3.84. The zero-order chi connectivity index (χ0) is 21.5. The van der Waals surface area contributed by atoms with E-state index in [1.54, 1.807) is 0 Å². The zero-order valence-electron chi connectivity index (χ0n) is 17.0. The fraction of sp³-hybridized carbons (Fsp3) is 0.192. The minimum Gasteiger partial charge on any atom is -0.231 e. The molecule has 31 heavy (non-hydrogen) atoms. The van der Waals surface area contributed by atoms with Crippen LogP contribution in [0.25, 0.3) is 16.9 Å². The van der Waals surface area contributed by atoms with E-state index >= 15 is 0 Å². The van der Waals surface area contributed by atoms with Crippen LogP contribution in [0.15, 0.2) is 77.3 Å². The summed E-state index contributed by atoms with van der Waals surface area (Å²) in [4.78, 5) is 0. The van der Waals surface area contributed by atoms with Gasteiger partial charge in [0, 0.05) is 26.5 Å². The summed E-state index contributed by atoms with van der Waals surface area (Å²) in [6.45, 7) is 2.20. The third-order valence-electron chi connectivity index (χ3n) is 6.01. The van der Waals surface area contributed by atoms with Crippen molar-refractivity contribution >= 4 is 39.1 Å². The first kappa shape index (κ1) is 20.8. The van der Waals surface area contributed by atoms with Gasteiger partial charge in [-0.1, -0.05) is 88.5 Å². The van der Waals surface area contributed by atoms with Gasteiger partial charge in [-0.15, -0.1) is 0 Å². The molecule has 1 saturated carbocycles. The summed E-state index contributed by atoms with van der Waals surface area (Å²) in [5, 5.41) is 6.69. The van der Waals surface area contributed by atoms with Gasteiger partial charge < -0.3 is 0 Å². The number of hydrogen-bond acceptors (Lipinski definition) is 1. The van der Waals surface area contributed by atoms with Gasteiger partial charge in [0.2, 0.25) is 0 Å². The molecule has 4 aromatic rings. The largest absolute Gasteiger partial charge is 0.231 e. The monoisotopic (exact) mass is 510 g/mol. The highest BCUT2D eigenvalue weighted by Crippen LogP contribution is 2.57. The lowest BCUT2D eigenvalue weighted by molar-refractivity contribution is 0.831. The molecule has 0 amide bonds. The lowest BCUT2D eigenvalue weighted by Gasteiger charge is -2.11. The SMILES string of the molecule is CCc1c(C2CC2c2ccccc2Cl)nn(-c2ccccc2Cl)c1-c1ccc(Br)cc1. The molecule has 2 atom stereocenters. The number of aromatic nitrogens is 2. The van der Waals surface area contributed by atoms with E-state index in [9.17, 15) is 0 Å². The molecule has 0 bridgehead atoms. The van der Waals surface area contributed by atoms with Crippen LogP contribution in [-0.4, -0.2) is 9.78 Å². The molecular weight excluding hydrogens is 491 g/mol. The quantitative estimate of drug-likeness (QED) is 0.263. The minimum absolute atomic E-state index is 0.368. The van der Waals surface area contributed by atoms with E-state index in [0.29, 0.717) is 16.9 Å².